The second-order valence-corrected chi connectivity index (χ2v) is 4.48. The van der Waals surface area contributed by atoms with Crippen LogP contribution in [0.4, 0.5) is 0 Å². The molecule has 0 aromatic heterocycles. The Morgan fingerprint density at radius 2 is 2.05 bits per heavy atom. The lowest BCUT2D eigenvalue weighted by Crippen LogP contribution is -2.31. The van der Waals surface area contributed by atoms with Crippen LogP contribution in [0.2, 0.25) is 0 Å². The van der Waals surface area contributed by atoms with Crippen molar-refractivity contribution in [1.82, 2.24) is 5.32 Å². The van der Waals surface area contributed by atoms with Gasteiger partial charge in [0.25, 0.3) is 0 Å². The Hall–Kier alpha value is -2.04. The van der Waals surface area contributed by atoms with E-state index in [9.17, 15) is 9.59 Å². The molecule has 2 atom stereocenters. The van der Waals surface area contributed by atoms with E-state index in [1.54, 1.807) is 7.11 Å². The number of rotatable bonds is 5. The Morgan fingerprint density at radius 3 is 2.74 bits per heavy atom. The fourth-order valence-electron chi connectivity index (χ4n) is 2.16. The van der Waals surface area contributed by atoms with Crippen LogP contribution in [0.25, 0.3) is 0 Å². The summed E-state index contributed by atoms with van der Waals surface area (Å²) in [6.07, 6.45) is 0.785. The minimum absolute atomic E-state index is 0.0789. The lowest BCUT2D eigenvalue weighted by atomic mass is 10.1. The number of methoxy groups -OCH3 is 2. The van der Waals surface area contributed by atoms with Gasteiger partial charge in [-0.3, -0.25) is 9.59 Å². The summed E-state index contributed by atoms with van der Waals surface area (Å²) in [7, 11) is 2.91. The number of benzene rings is 1. The Bertz CT molecular complexity index is 486. The number of carbonyl (C=O) groups excluding carboxylic acids is 2. The van der Waals surface area contributed by atoms with Gasteiger partial charge in [0, 0.05) is 5.92 Å². The standard InChI is InChI=1S/C14H17NO4/c1-18-12-6-4-3-5-9(12)10-7-11(10)14(17)15-8-13(16)19-2/h3-6,10-11H,7-8H2,1-2H3,(H,15,17)/t10-,11-/m0/s1. The molecule has 1 aromatic carbocycles. The quantitative estimate of drug-likeness (QED) is 0.808. The van der Waals surface area contributed by atoms with Gasteiger partial charge in [0.2, 0.25) is 5.91 Å². The van der Waals surface area contributed by atoms with Crippen molar-refractivity contribution < 1.29 is 19.1 Å². The van der Waals surface area contributed by atoms with E-state index in [1.807, 2.05) is 24.3 Å². The fraction of sp³-hybridized carbons (Fsp3) is 0.429. The molecule has 1 aliphatic rings. The smallest absolute Gasteiger partial charge is 0.325 e. The third kappa shape index (κ3) is 3.05. The topological polar surface area (TPSA) is 64.6 Å². The van der Waals surface area contributed by atoms with Crippen LogP contribution in [0.1, 0.15) is 17.9 Å². The molecule has 1 saturated carbocycles. The predicted molar refractivity (Wildman–Crippen MR) is 68.9 cm³/mol. The van der Waals surface area contributed by atoms with Crippen LogP contribution >= 0.6 is 0 Å². The van der Waals surface area contributed by atoms with E-state index < -0.39 is 5.97 Å². The molecule has 0 bridgehead atoms. The summed E-state index contributed by atoms with van der Waals surface area (Å²) in [5.41, 5.74) is 1.04. The second-order valence-electron chi connectivity index (χ2n) is 4.48. The first kappa shape index (κ1) is 13.4. The van der Waals surface area contributed by atoms with Gasteiger partial charge in [-0.15, -0.1) is 0 Å². The third-order valence-electron chi connectivity index (χ3n) is 3.30. The van der Waals surface area contributed by atoms with Crippen molar-refractivity contribution in [3.63, 3.8) is 0 Å². The van der Waals surface area contributed by atoms with Crippen LogP contribution < -0.4 is 10.1 Å². The third-order valence-corrected chi connectivity index (χ3v) is 3.30. The molecule has 0 saturated heterocycles. The Morgan fingerprint density at radius 1 is 1.32 bits per heavy atom. The Labute approximate surface area is 111 Å². The molecule has 1 amide bonds. The average molecular weight is 263 g/mol. The highest BCUT2D eigenvalue weighted by Crippen LogP contribution is 2.50. The molecular formula is C14H17NO4. The molecule has 0 aliphatic heterocycles. The van der Waals surface area contributed by atoms with Gasteiger partial charge in [-0.1, -0.05) is 18.2 Å². The van der Waals surface area contributed by atoms with Crippen molar-refractivity contribution in [3.8, 4) is 5.75 Å². The Kier molecular flexibility index (Phi) is 4.04. The largest absolute Gasteiger partial charge is 0.496 e. The number of ether oxygens (including phenoxy) is 2. The zero-order chi connectivity index (χ0) is 13.8. The van der Waals surface area contributed by atoms with Crippen molar-refractivity contribution in [2.24, 2.45) is 5.92 Å². The minimum atomic E-state index is -0.442. The zero-order valence-corrected chi connectivity index (χ0v) is 11.0. The minimum Gasteiger partial charge on any atom is -0.496 e. The summed E-state index contributed by atoms with van der Waals surface area (Å²) in [5, 5.41) is 2.58. The van der Waals surface area contributed by atoms with Crippen LogP contribution in [0.15, 0.2) is 24.3 Å². The summed E-state index contributed by atoms with van der Waals surface area (Å²) >= 11 is 0. The molecule has 1 aromatic rings. The summed E-state index contributed by atoms with van der Waals surface area (Å²) in [4.78, 5) is 22.8. The second kappa shape index (κ2) is 5.73. The van der Waals surface area contributed by atoms with Crippen LogP contribution in [0.3, 0.4) is 0 Å². The van der Waals surface area contributed by atoms with Crippen molar-refractivity contribution in [1.29, 1.82) is 0 Å². The van der Waals surface area contributed by atoms with E-state index in [2.05, 4.69) is 10.1 Å². The van der Waals surface area contributed by atoms with Gasteiger partial charge in [-0.2, -0.15) is 0 Å². The van der Waals surface area contributed by atoms with Gasteiger partial charge in [0.05, 0.1) is 14.2 Å². The molecular weight excluding hydrogens is 246 g/mol. The number of para-hydroxylation sites is 1. The maximum atomic E-state index is 11.8. The summed E-state index contributed by atoms with van der Waals surface area (Å²) in [6, 6.07) is 7.69. The molecule has 19 heavy (non-hydrogen) atoms. The van der Waals surface area contributed by atoms with E-state index >= 15 is 0 Å². The molecule has 5 heteroatoms. The highest BCUT2D eigenvalue weighted by Gasteiger charge is 2.45. The molecule has 102 valence electrons. The lowest BCUT2D eigenvalue weighted by molar-refractivity contribution is -0.141. The summed E-state index contributed by atoms with van der Waals surface area (Å²) in [6.45, 7) is -0.0789. The molecule has 1 N–H and O–H groups in total. The van der Waals surface area contributed by atoms with Gasteiger partial charge in [-0.25, -0.2) is 0 Å². The SMILES string of the molecule is COC(=O)CNC(=O)[C@H]1C[C@H]1c1ccccc1OC. The first-order valence-electron chi connectivity index (χ1n) is 6.14. The average Bonchev–Trinajstić information content (AvgIpc) is 3.24. The van der Waals surface area contributed by atoms with Crippen molar-refractivity contribution in [2.75, 3.05) is 20.8 Å². The van der Waals surface area contributed by atoms with Crippen LogP contribution in [-0.4, -0.2) is 32.6 Å². The van der Waals surface area contributed by atoms with E-state index in [1.165, 1.54) is 7.11 Å². The number of amides is 1. The van der Waals surface area contributed by atoms with Crippen LogP contribution in [0.5, 0.6) is 5.75 Å². The number of carbonyl (C=O) groups is 2. The lowest BCUT2D eigenvalue weighted by Gasteiger charge is -2.07. The van der Waals surface area contributed by atoms with Gasteiger partial charge >= 0.3 is 5.97 Å². The highest BCUT2D eigenvalue weighted by molar-refractivity contribution is 5.86. The molecule has 0 spiro atoms. The monoisotopic (exact) mass is 263 g/mol. The maximum absolute atomic E-state index is 11.8. The zero-order valence-electron chi connectivity index (χ0n) is 11.0. The van der Waals surface area contributed by atoms with Gasteiger partial charge in [0.1, 0.15) is 12.3 Å². The van der Waals surface area contributed by atoms with Crippen molar-refractivity contribution in [2.45, 2.75) is 12.3 Å². The number of nitrogens with one attached hydrogen (secondary N) is 1. The van der Waals surface area contributed by atoms with E-state index in [-0.39, 0.29) is 24.3 Å². The first-order chi connectivity index (χ1) is 9.17. The number of esters is 1. The van der Waals surface area contributed by atoms with Crippen molar-refractivity contribution >= 4 is 11.9 Å². The predicted octanol–water partition coefficient (Wildman–Crippen LogP) is 1.09. The molecule has 2 rings (SSSR count). The Balaban J connectivity index is 1.93. The molecule has 0 unspecified atom stereocenters. The molecule has 5 nitrogen and oxygen atoms in total. The summed E-state index contributed by atoms with van der Waals surface area (Å²) in [5.74, 6) is 0.342. The van der Waals surface area contributed by atoms with E-state index in [4.69, 9.17) is 4.74 Å². The molecule has 0 heterocycles. The number of hydrogen-bond acceptors (Lipinski definition) is 4. The summed E-state index contributed by atoms with van der Waals surface area (Å²) < 4.78 is 9.76. The maximum Gasteiger partial charge on any atom is 0.325 e. The normalized spacial score (nSPS) is 20.5. The van der Waals surface area contributed by atoms with Gasteiger partial charge in [0.15, 0.2) is 0 Å². The molecule has 0 radical (unpaired) electrons. The van der Waals surface area contributed by atoms with Crippen molar-refractivity contribution in [3.05, 3.63) is 29.8 Å². The fourth-order valence-corrected chi connectivity index (χ4v) is 2.16. The van der Waals surface area contributed by atoms with Gasteiger partial charge < -0.3 is 14.8 Å². The van der Waals surface area contributed by atoms with Crippen LogP contribution in [-0.2, 0) is 14.3 Å². The van der Waals surface area contributed by atoms with E-state index in [0.717, 1.165) is 17.7 Å². The number of hydrogen-bond donors (Lipinski definition) is 1. The highest BCUT2D eigenvalue weighted by atomic mass is 16.5. The van der Waals surface area contributed by atoms with Crippen LogP contribution in [0, 0.1) is 5.92 Å². The van der Waals surface area contributed by atoms with E-state index in [0.29, 0.717) is 0 Å². The van der Waals surface area contributed by atoms with Gasteiger partial charge in [-0.05, 0) is 24.0 Å². The first-order valence-corrected chi connectivity index (χ1v) is 6.14. The molecule has 1 fully saturated rings. The molecule has 1 aliphatic carbocycles.